The van der Waals surface area contributed by atoms with Gasteiger partial charge in [-0.2, -0.15) is 0 Å². The average molecular weight is 473 g/mol. The summed E-state index contributed by atoms with van der Waals surface area (Å²) in [6.07, 6.45) is 2.88. The standard InChI is InChI=1S/C25H30BrO2P/c1-2-28-25(27)20-12-13-21-29(26,22-14-6-3-7-15-22,23-16-8-4-9-17-23)24-18-10-5-11-19-24/h3-11,14-19,25,27H,2,12-13,20-21H2,1H3. The van der Waals surface area contributed by atoms with Crippen LogP contribution in [0.2, 0.25) is 0 Å². The van der Waals surface area contributed by atoms with Crippen molar-refractivity contribution in [2.24, 2.45) is 0 Å². The molecule has 1 N–H and O–H groups in total. The Morgan fingerprint density at radius 2 is 1.17 bits per heavy atom. The van der Waals surface area contributed by atoms with Crippen LogP contribution in [0.25, 0.3) is 0 Å². The number of benzene rings is 3. The number of halogens is 1. The molecule has 0 amide bonds. The second kappa shape index (κ2) is 10.00. The van der Waals surface area contributed by atoms with Gasteiger partial charge in [-0.15, -0.1) is 0 Å². The van der Waals surface area contributed by atoms with Gasteiger partial charge in [0.25, 0.3) is 0 Å². The van der Waals surface area contributed by atoms with Crippen molar-refractivity contribution in [3.63, 3.8) is 0 Å². The SMILES string of the molecule is CCOC(O)CCCCP(Br)(c1ccccc1)(c1ccccc1)c1ccccc1. The molecule has 154 valence electrons. The number of hydrogen-bond acceptors (Lipinski definition) is 2. The maximum atomic E-state index is 9.97. The van der Waals surface area contributed by atoms with Gasteiger partial charge in [-0.1, -0.05) is 0 Å². The molecule has 2 nitrogen and oxygen atoms in total. The number of ether oxygens (including phenoxy) is 1. The summed E-state index contributed by atoms with van der Waals surface area (Å²) in [4.78, 5) is 0. The number of rotatable bonds is 10. The van der Waals surface area contributed by atoms with Gasteiger partial charge in [0.15, 0.2) is 0 Å². The number of hydrogen-bond donors (Lipinski definition) is 1. The van der Waals surface area contributed by atoms with Crippen molar-refractivity contribution in [2.45, 2.75) is 32.5 Å². The summed E-state index contributed by atoms with van der Waals surface area (Å²) in [5.41, 5.74) is 0. The van der Waals surface area contributed by atoms with Crippen LogP contribution in [0.1, 0.15) is 26.2 Å². The molecule has 3 aromatic carbocycles. The summed E-state index contributed by atoms with van der Waals surface area (Å²) < 4.78 is 5.31. The zero-order chi connectivity index (χ0) is 20.6. The van der Waals surface area contributed by atoms with Gasteiger partial charge in [0, 0.05) is 0 Å². The van der Waals surface area contributed by atoms with E-state index < -0.39 is 11.6 Å². The number of unbranched alkanes of at least 4 members (excludes halogenated alkanes) is 1. The van der Waals surface area contributed by atoms with Gasteiger partial charge in [0.2, 0.25) is 0 Å². The van der Waals surface area contributed by atoms with Gasteiger partial charge in [-0.05, 0) is 0 Å². The summed E-state index contributed by atoms with van der Waals surface area (Å²) in [5.74, 6) is 0. The molecule has 0 aliphatic rings. The van der Waals surface area contributed by atoms with Gasteiger partial charge in [0.05, 0.1) is 0 Å². The summed E-state index contributed by atoms with van der Waals surface area (Å²) in [6, 6.07) is 32.5. The van der Waals surface area contributed by atoms with E-state index in [9.17, 15) is 5.11 Å². The van der Waals surface area contributed by atoms with Crippen LogP contribution in [-0.4, -0.2) is 24.2 Å². The van der Waals surface area contributed by atoms with Gasteiger partial charge in [-0.3, -0.25) is 0 Å². The molecule has 0 saturated heterocycles. The van der Waals surface area contributed by atoms with Gasteiger partial charge in [0.1, 0.15) is 0 Å². The minimum atomic E-state index is -2.84. The third-order valence-electron chi connectivity index (χ3n) is 5.52. The summed E-state index contributed by atoms with van der Waals surface area (Å²) >= 11 is 4.45. The first-order valence-corrected chi connectivity index (χ1v) is 14.7. The van der Waals surface area contributed by atoms with Crippen LogP contribution >= 0.6 is 20.8 Å². The fourth-order valence-corrected chi connectivity index (χ4v) is 11.8. The summed E-state index contributed by atoms with van der Waals surface area (Å²) in [5, 5.41) is 11.1. The molecular weight excluding hydrogens is 443 g/mol. The second-order valence-corrected chi connectivity index (χ2v) is 16.4. The third kappa shape index (κ3) is 4.64. The van der Waals surface area contributed by atoms with Gasteiger partial charge >= 0.3 is 183 Å². The molecule has 1 unspecified atom stereocenters. The van der Waals surface area contributed by atoms with Crippen molar-refractivity contribution < 1.29 is 9.84 Å². The van der Waals surface area contributed by atoms with Crippen molar-refractivity contribution in [2.75, 3.05) is 12.8 Å². The normalized spacial score (nSPS) is 14.1. The molecular formula is C25H30BrO2P. The van der Waals surface area contributed by atoms with Crippen molar-refractivity contribution in [1.82, 2.24) is 0 Å². The van der Waals surface area contributed by atoms with E-state index in [0.717, 1.165) is 19.0 Å². The maximum absolute atomic E-state index is 9.97. The summed E-state index contributed by atoms with van der Waals surface area (Å²) in [7, 11) is 0. The quantitative estimate of drug-likeness (QED) is 0.244. The first-order valence-electron chi connectivity index (χ1n) is 10.3. The van der Waals surface area contributed by atoms with Gasteiger partial charge < -0.3 is 0 Å². The predicted molar refractivity (Wildman–Crippen MR) is 130 cm³/mol. The van der Waals surface area contributed by atoms with Crippen LogP contribution in [0.3, 0.4) is 0 Å². The zero-order valence-electron chi connectivity index (χ0n) is 17.0. The Bertz CT molecular complexity index is 772. The molecule has 0 aliphatic carbocycles. The van der Waals surface area contributed by atoms with E-state index in [0.29, 0.717) is 13.0 Å². The second-order valence-electron chi connectivity index (χ2n) is 7.32. The Kier molecular flexibility index (Phi) is 7.65. The van der Waals surface area contributed by atoms with Crippen LogP contribution in [0, 0.1) is 0 Å². The van der Waals surface area contributed by atoms with Gasteiger partial charge in [-0.25, -0.2) is 0 Å². The van der Waals surface area contributed by atoms with Crippen LogP contribution in [-0.2, 0) is 4.74 Å². The van der Waals surface area contributed by atoms with E-state index in [1.165, 1.54) is 15.9 Å². The predicted octanol–water partition coefficient (Wildman–Crippen LogP) is 5.35. The molecule has 0 radical (unpaired) electrons. The first-order chi connectivity index (χ1) is 14.1. The minimum absolute atomic E-state index is 0.539. The molecule has 0 heterocycles. The average Bonchev–Trinajstić information content (AvgIpc) is 2.79. The van der Waals surface area contributed by atoms with Crippen LogP contribution < -0.4 is 15.9 Å². The Morgan fingerprint density at radius 3 is 1.55 bits per heavy atom. The van der Waals surface area contributed by atoms with E-state index in [-0.39, 0.29) is 0 Å². The van der Waals surface area contributed by atoms with E-state index >= 15 is 0 Å². The van der Waals surface area contributed by atoms with E-state index in [1.54, 1.807) is 0 Å². The Balaban J connectivity index is 2.07. The van der Waals surface area contributed by atoms with Crippen LogP contribution in [0.4, 0.5) is 0 Å². The van der Waals surface area contributed by atoms with Crippen molar-refractivity contribution in [3.05, 3.63) is 91.0 Å². The Labute approximate surface area is 182 Å². The number of aliphatic hydroxyl groups excluding tert-OH is 1. The fraction of sp³-hybridized carbons (Fsp3) is 0.280. The van der Waals surface area contributed by atoms with Crippen molar-refractivity contribution in [3.8, 4) is 0 Å². The topological polar surface area (TPSA) is 29.5 Å². The molecule has 0 saturated carbocycles. The van der Waals surface area contributed by atoms with Crippen molar-refractivity contribution in [1.29, 1.82) is 0 Å². The van der Waals surface area contributed by atoms with E-state index in [4.69, 9.17) is 4.74 Å². The summed E-state index contributed by atoms with van der Waals surface area (Å²) in [6.45, 7) is 2.45. The zero-order valence-corrected chi connectivity index (χ0v) is 19.4. The number of aliphatic hydroxyl groups is 1. The Morgan fingerprint density at radius 1 is 0.759 bits per heavy atom. The first kappa shape index (κ1) is 22.2. The molecule has 4 heteroatoms. The van der Waals surface area contributed by atoms with Crippen molar-refractivity contribution >= 4 is 36.7 Å². The molecule has 0 bridgehead atoms. The molecule has 0 fully saturated rings. The van der Waals surface area contributed by atoms with Crippen LogP contribution in [0.5, 0.6) is 0 Å². The Hall–Kier alpha value is -1.51. The molecule has 0 aliphatic heterocycles. The fourth-order valence-electron chi connectivity index (χ4n) is 4.05. The molecule has 0 aromatic heterocycles. The monoisotopic (exact) mass is 472 g/mol. The third-order valence-corrected chi connectivity index (χ3v) is 15.6. The van der Waals surface area contributed by atoms with Crippen LogP contribution in [0.15, 0.2) is 91.0 Å². The molecule has 3 rings (SSSR count). The molecule has 29 heavy (non-hydrogen) atoms. The molecule has 0 spiro atoms. The van der Waals surface area contributed by atoms with E-state index in [2.05, 4.69) is 106 Å². The van der Waals surface area contributed by atoms with E-state index in [1.807, 2.05) is 6.92 Å². The molecule has 3 aromatic rings. The molecule has 1 atom stereocenters.